The first-order valence-electron chi connectivity index (χ1n) is 16.8. The van der Waals surface area contributed by atoms with E-state index in [1.807, 2.05) is 11.8 Å². The summed E-state index contributed by atoms with van der Waals surface area (Å²) < 4.78 is 94.3. The Balaban J connectivity index is 1.53. The SMILES string of the molecule is CC[C@@H]1C[C@H](Nc2ncc(N3CCOCC3)cc2Cc2cc(C#N)cc(C(F)(F)F)c2)c2cc(C(F)(F)F)ccc2N1C(=O)OCCCCC(=O)O. The summed E-state index contributed by atoms with van der Waals surface area (Å²) in [6.07, 6.45) is -7.74. The van der Waals surface area contributed by atoms with Gasteiger partial charge in [0.25, 0.3) is 0 Å². The molecule has 5 rings (SSSR count). The standard InChI is InChI=1S/C36H37F6N5O5/c1-2-27-19-30(29-18-25(35(37,38)39)6-7-31(29)47(27)34(50)52-10-4-3-5-32(48)49)45-33-24(17-28(21-44-33)46-8-11-51-12-9-46)14-22-13-23(20-43)16-26(15-22)36(40,41)42/h6-7,13,15-18,21,27,30H,2-5,8-12,14,19H2,1H3,(H,44,45)(H,48,49)/t27-,30+/m1/s1. The molecule has 0 saturated carbocycles. The van der Waals surface area contributed by atoms with Crippen molar-refractivity contribution in [3.8, 4) is 6.07 Å². The van der Waals surface area contributed by atoms with Gasteiger partial charge in [-0.05, 0) is 79.3 Å². The van der Waals surface area contributed by atoms with Gasteiger partial charge in [0.2, 0.25) is 0 Å². The van der Waals surface area contributed by atoms with E-state index in [-0.39, 0.29) is 66.9 Å². The molecule has 1 aromatic heterocycles. The number of pyridine rings is 1. The number of amides is 1. The van der Waals surface area contributed by atoms with Gasteiger partial charge in [0.15, 0.2) is 0 Å². The third-order valence-electron chi connectivity index (χ3n) is 9.02. The third-order valence-corrected chi connectivity index (χ3v) is 9.02. The highest BCUT2D eigenvalue weighted by Gasteiger charge is 2.40. The summed E-state index contributed by atoms with van der Waals surface area (Å²) in [7, 11) is 0. The number of nitrogens with zero attached hydrogens (tertiary/aromatic N) is 4. The molecule has 1 saturated heterocycles. The number of fused-ring (bicyclic) bond motifs is 1. The maximum absolute atomic E-state index is 14.0. The lowest BCUT2D eigenvalue weighted by Gasteiger charge is -2.40. The number of hydrogen-bond acceptors (Lipinski definition) is 8. The number of aliphatic carboxylic acids is 1. The van der Waals surface area contributed by atoms with Gasteiger partial charge in [-0.3, -0.25) is 9.69 Å². The van der Waals surface area contributed by atoms with Crippen molar-refractivity contribution < 1.29 is 50.5 Å². The van der Waals surface area contributed by atoms with Crippen LogP contribution < -0.4 is 15.1 Å². The maximum atomic E-state index is 14.0. The minimum atomic E-state index is -4.71. The highest BCUT2D eigenvalue weighted by Crippen LogP contribution is 2.44. The zero-order chi connectivity index (χ0) is 37.6. The van der Waals surface area contributed by atoms with Crippen molar-refractivity contribution in [1.82, 2.24) is 4.98 Å². The Hall–Kier alpha value is -5.04. The van der Waals surface area contributed by atoms with Gasteiger partial charge in [-0.1, -0.05) is 6.92 Å². The fraction of sp³-hybridized carbons (Fsp3) is 0.444. The van der Waals surface area contributed by atoms with E-state index in [4.69, 9.17) is 14.6 Å². The van der Waals surface area contributed by atoms with Gasteiger partial charge in [0.05, 0.1) is 66.2 Å². The third kappa shape index (κ3) is 9.24. The number of carboxylic acids is 1. The normalized spacial score (nSPS) is 17.7. The number of morpholine rings is 1. The summed E-state index contributed by atoms with van der Waals surface area (Å²) in [6, 6.07) is 8.29. The molecule has 2 N–H and O–H groups in total. The van der Waals surface area contributed by atoms with Crippen molar-refractivity contribution in [3.63, 3.8) is 0 Å². The summed E-state index contributed by atoms with van der Waals surface area (Å²) in [4.78, 5) is 32.2. The summed E-state index contributed by atoms with van der Waals surface area (Å²) >= 11 is 0. The van der Waals surface area contributed by atoms with Gasteiger partial charge in [-0.15, -0.1) is 0 Å². The average Bonchev–Trinajstić information content (AvgIpc) is 3.11. The van der Waals surface area contributed by atoms with Crippen LogP contribution in [0.3, 0.4) is 0 Å². The van der Waals surface area contributed by atoms with Gasteiger partial charge < -0.3 is 24.8 Å². The van der Waals surface area contributed by atoms with Crippen molar-refractivity contribution in [2.45, 2.75) is 69.9 Å². The first kappa shape index (κ1) is 38.2. The van der Waals surface area contributed by atoms with Crippen LogP contribution in [0.5, 0.6) is 0 Å². The largest absolute Gasteiger partial charge is 0.481 e. The number of halogens is 6. The zero-order valence-corrected chi connectivity index (χ0v) is 28.2. The summed E-state index contributed by atoms with van der Waals surface area (Å²) in [5, 5.41) is 21.6. The highest BCUT2D eigenvalue weighted by atomic mass is 19.4. The molecule has 0 radical (unpaired) electrons. The van der Waals surface area contributed by atoms with Crippen molar-refractivity contribution in [2.75, 3.05) is 48.0 Å². The van der Waals surface area contributed by atoms with Crippen LogP contribution in [0, 0.1) is 11.3 Å². The molecule has 2 aromatic carbocycles. The van der Waals surface area contributed by atoms with Gasteiger partial charge in [-0.25, -0.2) is 9.78 Å². The Morgan fingerprint density at radius 1 is 1.04 bits per heavy atom. The lowest BCUT2D eigenvalue weighted by molar-refractivity contribution is -0.138. The number of nitriles is 1. The molecule has 10 nitrogen and oxygen atoms in total. The quantitative estimate of drug-likeness (QED) is 0.149. The predicted octanol–water partition coefficient (Wildman–Crippen LogP) is 7.95. The molecular weight excluding hydrogens is 696 g/mol. The summed E-state index contributed by atoms with van der Waals surface area (Å²) in [5.41, 5.74) is -0.506. The van der Waals surface area contributed by atoms with Crippen LogP contribution in [0.15, 0.2) is 48.7 Å². The van der Waals surface area contributed by atoms with Crippen molar-refractivity contribution in [2.24, 2.45) is 0 Å². The molecule has 1 amide bonds. The number of carbonyl (C=O) groups excluding carboxylic acids is 1. The molecule has 0 spiro atoms. The van der Waals surface area contributed by atoms with Crippen molar-refractivity contribution in [3.05, 3.63) is 82.0 Å². The number of anilines is 3. The van der Waals surface area contributed by atoms with E-state index in [9.17, 15) is 41.2 Å². The van der Waals surface area contributed by atoms with E-state index in [0.29, 0.717) is 44.0 Å². The van der Waals surface area contributed by atoms with Crippen molar-refractivity contribution >= 4 is 29.3 Å². The number of nitrogens with one attached hydrogen (secondary N) is 1. The van der Waals surface area contributed by atoms with Crippen molar-refractivity contribution in [1.29, 1.82) is 5.26 Å². The highest BCUT2D eigenvalue weighted by molar-refractivity contribution is 5.90. The second-order valence-corrected chi connectivity index (χ2v) is 12.6. The molecule has 52 heavy (non-hydrogen) atoms. The number of carbonyl (C=O) groups is 2. The summed E-state index contributed by atoms with van der Waals surface area (Å²) in [5.74, 6) is -0.776. The monoisotopic (exact) mass is 733 g/mol. The van der Waals surface area contributed by atoms with Crippen LogP contribution >= 0.6 is 0 Å². The number of ether oxygens (including phenoxy) is 2. The Kier molecular flexibility index (Phi) is 11.8. The molecule has 0 unspecified atom stereocenters. The molecule has 0 bridgehead atoms. The van der Waals surface area contributed by atoms with E-state index in [0.717, 1.165) is 24.3 Å². The van der Waals surface area contributed by atoms with E-state index in [1.165, 1.54) is 17.0 Å². The zero-order valence-electron chi connectivity index (χ0n) is 28.2. The number of hydrogen-bond donors (Lipinski definition) is 2. The molecule has 0 aliphatic carbocycles. The Morgan fingerprint density at radius 3 is 2.42 bits per heavy atom. The van der Waals surface area contributed by atoms with Crippen LogP contribution in [-0.4, -0.2) is 61.1 Å². The molecule has 2 atom stereocenters. The molecule has 278 valence electrons. The minimum absolute atomic E-state index is 0.0808. The predicted molar refractivity (Wildman–Crippen MR) is 178 cm³/mol. The molecule has 3 heterocycles. The van der Waals surface area contributed by atoms with Crippen LogP contribution in [0.2, 0.25) is 0 Å². The number of benzene rings is 2. The van der Waals surface area contributed by atoms with Gasteiger partial charge in [0, 0.05) is 37.5 Å². The molecule has 3 aromatic rings. The smallest absolute Gasteiger partial charge is 0.416 e. The fourth-order valence-corrected chi connectivity index (χ4v) is 6.44. The minimum Gasteiger partial charge on any atom is -0.481 e. The number of unbranched alkanes of at least 4 members (excludes halogenated alkanes) is 1. The second kappa shape index (κ2) is 16.1. The van der Waals surface area contributed by atoms with Gasteiger partial charge in [0.1, 0.15) is 5.82 Å². The van der Waals surface area contributed by atoms with Crippen LogP contribution in [0.4, 0.5) is 48.3 Å². The number of carboxylic acid groups (broad SMARTS) is 1. The molecular formula is C36H37F6N5O5. The van der Waals surface area contributed by atoms with E-state index in [2.05, 4.69) is 10.3 Å². The Morgan fingerprint density at radius 2 is 1.77 bits per heavy atom. The van der Waals surface area contributed by atoms with E-state index < -0.39 is 47.6 Å². The first-order valence-corrected chi connectivity index (χ1v) is 16.8. The number of alkyl halides is 6. The lowest BCUT2D eigenvalue weighted by atomic mass is 9.88. The average molecular weight is 734 g/mol. The molecule has 2 aliphatic heterocycles. The molecule has 1 fully saturated rings. The first-order chi connectivity index (χ1) is 24.7. The number of rotatable bonds is 11. The molecule has 2 aliphatic rings. The van der Waals surface area contributed by atoms with Crippen LogP contribution in [0.25, 0.3) is 0 Å². The molecule has 16 heteroatoms. The Labute approximate surface area is 295 Å². The topological polar surface area (TPSA) is 128 Å². The second-order valence-electron chi connectivity index (χ2n) is 12.6. The lowest BCUT2D eigenvalue weighted by Crippen LogP contribution is -2.46. The van der Waals surface area contributed by atoms with Gasteiger partial charge in [-0.2, -0.15) is 31.6 Å². The maximum Gasteiger partial charge on any atom is 0.416 e. The van der Waals surface area contributed by atoms with Crippen LogP contribution in [-0.2, 0) is 33.0 Å². The fourth-order valence-electron chi connectivity index (χ4n) is 6.44. The van der Waals surface area contributed by atoms with Crippen LogP contribution in [0.1, 0.15) is 78.5 Å². The summed E-state index contributed by atoms with van der Waals surface area (Å²) in [6.45, 7) is 3.71. The van der Waals surface area contributed by atoms with Gasteiger partial charge >= 0.3 is 24.4 Å². The Bertz CT molecular complexity index is 1810. The van der Waals surface area contributed by atoms with E-state index >= 15 is 0 Å². The van der Waals surface area contributed by atoms with E-state index in [1.54, 1.807) is 18.3 Å². The number of aromatic nitrogens is 1.